The van der Waals surface area contributed by atoms with Gasteiger partial charge < -0.3 is 18.9 Å². The van der Waals surface area contributed by atoms with Crippen molar-refractivity contribution in [1.82, 2.24) is 0 Å². The number of hydrogen-bond acceptors (Lipinski definition) is 6. The maximum absolute atomic E-state index is 11.8. The van der Waals surface area contributed by atoms with Gasteiger partial charge in [0.2, 0.25) is 5.79 Å². The van der Waals surface area contributed by atoms with Gasteiger partial charge in [-0.25, -0.2) is 9.59 Å². The van der Waals surface area contributed by atoms with Crippen LogP contribution < -0.4 is 0 Å². The molecule has 2 bridgehead atoms. The molecule has 2 fully saturated rings. The van der Waals surface area contributed by atoms with Crippen molar-refractivity contribution in [3.05, 3.63) is 0 Å². The second-order valence-electron chi connectivity index (χ2n) is 6.08. The fourth-order valence-corrected chi connectivity index (χ4v) is 3.60. The maximum Gasteiger partial charge on any atom is 0.418 e. The monoisotopic (exact) mass is 286 g/mol. The van der Waals surface area contributed by atoms with Crippen LogP contribution in [-0.4, -0.2) is 42.1 Å². The average molecular weight is 286 g/mol. The van der Waals surface area contributed by atoms with Crippen molar-refractivity contribution in [1.29, 1.82) is 0 Å². The zero-order valence-electron chi connectivity index (χ0n) is 12.6. The van der Waals surface area contributed by atoms with Crippen LogP contribution in [0.15, 0.2) is 0 Å². The highest BCUT2D eigenvalue weighted by Gasteiger charge is 2.67. The zero-order chi connectivity index (χ0) is 15.2. The van der Waals surface area contributed by atoms with E-state index in [9.17, 15) is 9.59 Å². The Morgan fingerprint density at radius 2 is 1.95 bits per heavy atom. The Morgan fingerprint density at radius 1 is 1.30 bits per heavy atom. The molecule has 0 aromatic carbocycles. The molecule has 0 unspecified atom stereocenters. The van der Waals surface area contributed by atoms with Gasteiger partial charge in [-0.05, 0) is 20.8 Å². The van der Waals surface area contributed by atoms with Crippen molar-refractivity contribution in [3.8, 4) is 0 Å². The predicted octanol–water partition coefficient (Wildman–Crippen LogP) is 1.56. The third-order valence-electron chi connectivity index (χ3n) is 4.17. The van der Waals surface area contributed by atoms with E-state index in [1.165, 1.54) is 0 Å². The van der Waals surface area contributed by atoms with Gasteiger partial charge >= 0.3 is 11.9 Å². The van der Waals surface area contributed by atoms with E-state index in [-0.39, 0.29) is 6.10 Å². The molecule has 0 N–H and O–H groups in total. The van der Waals surface area contributed by atoms with Crippen molar-refractivity contribution < 1.29 is 28.5 Å². The third-order valence-corrected chi connectivity index (χ3v) is 4.17. The summed E-state index contributed by atoms with van der Waals surface area (Å²) in [5.74, 6) is -3.04. The first-order valence-corrected chi connectivity index (χ1v) is 6.88. The van der Waals surface area contributed by atoms with Crippen molar-refractivity contribution in [2.24, 2.45) is 0 Å². The minimum atomic E-state index is -1.02. The van der Waals surface area contributed by atoms with Crippen molar-refractivity contribution >= 4 is 11.9 Å². The molecule has 20 heavy (non-hydrogen) atoms. The molecule has 4 atom stereocenters. The number of hydrogen-bond donors (Lipinski definition) is 0. The molecule has 6 heteroatoms. The van der Waals surface area contributed by atoms with Gasteiger partial charge in [0.1, 0.15) is 0 Å². The van der Waals surface area contributed by atoms with E-state index >= 15 is 0 Å². The van der Waals surface area contributed by atoms with Crippen LogP contribution in [0, 0.1) is 0 Å². The standard InChI is InChI=1S/C14H22O6/c1-6-14-13(4,19-11(16)10(15)17-5)8-12(3,20-14)7-9(2)18-14/h9H,6-8H2,1-5H3/t9-,12+,13-,14+/m1/s1. The minimum absolute atomic E-state index is 0.00681. The van der Waals surface area contributed by atoms with Crippen LogP contribution >= 0.6 is 0 Å². The number of carbonyl (C=O) groups is 2. The van der Waals surface area contributed by atoms with Crippen molar-refractivity contribution in [2.75, 3.05) is 7.11 Å². The predicted molar refractivity (Wildman–Crippen MR) is 68.8 cm³/mol. The van der Waals surface area contributed by atoms with E-state index < -0.39 is 28.9 Å². The number of carbonyl (C=O) groups excluding carboxylic acids is 2. The van der Waals surface area contributed by atoms with E-state index in [0.717, 1.165) is 13.5 Å². The molecular weight excluding hydrogens is 264 g/mol. The molecule has 0 aromatic heterocycles. The molecule has 0 radical (unpaired) electrons. The van der Waals surface area contributed by atoms with Gasteiger partial charge in [0.05, 0.1) is 18.8 Å². The summed E-state index contributed by atoms with van der Waals surface area (Å²) in [6.07, 6.45) is 1.74. The Kier molecular flexibility index (Phi) is 3.59. The molecule has 0 saturated carbocycles. The quantitative estimate of drug-likeness (QED) is 0.566. The van der Waals surface area contributed by atoms with E-state index in [0.29, 0.717) is 12.8 Å². The summed E-state index contributed by atoms with van der Waals surface area (Å²) in [6.45, 7) is 7.61. The zero-order valence-corrected chi connectivity index (χ0v) is 12.6. The third kappa shape index (κ3) is 2.20. The molecule has 0 spiro atoms. The molecule has 2 aliphatic heterocycles. The van der Waals surface area contributed by atoms with Crippen LogP contribution in [0.3, 0.4) is 0 Å². The van der Waals surface area contributed by atoms with Gasteiger partial charge in [0.15, 0.2) is 5.60 Å². The normalized spacial score (nSPS) is 43.1. The summed E-state index contributed by atoms with van der Waals surface area (Å²) in [5.41, 5.74) is -1.43. The van der Waals surface area contributed by atoms with Crippen LogP contribution in [0.1, 0.15) is 47.0 Å². The Morgan fingerprint density at radius 3 is 2.50 bits per heavy atom. The summed E-state index contributed by atoms with van der Waals surface area (Å²) in [7, 11) is 1.14. The minimum Gasteiger partial charge on any atom is -0.461 e. The number of esters is 2. The molecule has 0 aliphatic carbocycles. The molecule has 2 rings (SSSR count). The van der Waals surface area contributed by atoms with Crippen LogP contribution in [0.2, 0.25) is 0 Å². The van der Waals surface area contributed by atoms with Gasteiger partial charge in [-0.1, -0.05) is 6.92 Å². The SMILES string of the molecule is CC[C@@]12O[C@H](C)C[C@@](C)(C[C@@]1(C)OC(=O)C(=O)OC)O2. The Bertz CT molecular complexity index is 435. The molecule has 6 nitrogen and oxygen atoms in total. The van der Waals surface area contributed by atoms with Crippen LogP contribution in [0.25, 0.3) is 0 Å². The molecular formula is C14H22O6. The fraction of sp³-hybridized carbons (Fsp3) is 0.857. The highest BCUT2D eigenvalue weighted by atomic mass is 16.8. The Balaban J connectivity index is 2.30. The summed E-state index contributed by atoms with van der Waals surface area (Å²) >= 11 is 0. The van der Waals surface area contributed by atoms with E-state index in [4.69, 9.17) is 14.2 Å². The molecule has 2 heterocycles. The van der Waals surface area contributed by atoms with Gasteiger partial charge in [-0.15, -0.1) is 0 Å². The largest absolute Gasteiger partial charge is 0.461 e. The van der Waals surface area contributed by atoms with Crippen LogP contribution in [-0.2, 0) is 28.5 Å². The van der Waals surface area contributed by atoms with E-state index in [1.807, 2.05) is 20.8 Å². The summed E-state index contributed by atoms with van der Waals surface area (Å²) < 4.78 is 21.8. The summed E-state index contributed by atoms with van der Waals surface area (Å²) in [5, 5.41) is 0. The lowest BCUT2D eigenvalue weighted by atomic mass is 9.86. The first-order valence-electron chi connectivity index (χ1n) is 6.88. The summed E-state index contributed by atoms with van der Waals surface area (Å²) in [6, 6.07) is 0. The molecule has 0 amide bonds. The second kappa shape index (κ2) is 4.70. The smallest absolute Gasteiger partial charge is 0.418 e. The lowest BCUT2D eigenvalue weighted by Gasteiger charge is -2.44. The van der Waals surface area contributed by atoms with Gasteiger partial charge in [-0.3, -0.25) is 0 Å². The number of methoxy groups -OCH3 is 1. The van der Waals surface area contributed by atoms with Crippen molar-refractivity contribution in [2.45, 2.75) is 70.1 Å². The first-order chi connectivity index (χ1) is 9.19. The summed E-state index contributed by atoms with van der Waals surface area (Å²) in [4.78, 5) is 23.1. The fourth-order valence-electron chi connectivity index (χ4n) is 3.60. The lowest BCUT2D eigenvalue weighted by Crippen LogP contribution is -2.56. The first kappa shape index (κ1) is 15.3. The van der Waals surface area contributed by atoms with Gasteiger partial charge in [0.25, 0.3) is 0 Å². The number of ether oxygens (including phenoxy) is 4. The van der Waals surface area contributed by atoms with Crippen molar-refractivity contribution in [3.63, 3.8) is 0 Å². The lowest BCUT2D eigenvalue weighted by molar-refractivity contribution is -0.344. The number of rotatable bonds is 2. The van der Waals surface area contributed by atoms with Gasteiger partial charge in [0, 0.05) is 19.3 Å². The Hall–Kier alpha value is -1.14. The van der Waals surface area contributed by atoms with Crippen LogP contribution in [0.5, 0.6) is 0 Å². The highest BCUT2D eigenvalue weighted by Crippen LogP contribution is 2.55. The topological polar surface area (TPSA) is 71.1 Å². The molecule has 2 aliphatic rings. The molecule has 114 valence electrons. The second-order valence-corrected chi connectivity index (χ2v) is 6.08. The molecule has 0 aromatic rings. The van der Waals surface area contributed by atoms with E-state index in [1.54, 1.807) is 6.92 Å². The Labute approximate surface area is 118 Å². The molecule has 2 saturated heterocycles. The van der Waals surface area contributed by atoms with E-state index in [2.05, 4.69) is 4.74 Å². The number of fused-ring (bicyclic) bond motifs is 2. The van der Waals surface area contributed by atoms with Crippen LogP contribution in [0.4, 0.5) is 0 Å². The maximum atomic E-state index is 11.8. The van der Waals surface area contributed by atoms with Gasteiger partial charge in [-0.2, -0.15) is 0 Å². The highest BCUT2D eigenvalue weighted by molar-refractivity contribution is 6.29. The average Bonchev–Trinajstić information content (AvgIpc) is 2.50.